The Labute approximate surface area is 102 Å². The van der Waals surface area contributed by atoms with Crippen LogP contribution in [0.5, 0.6) is 0 Å². The Bertz CT molecular complexity index is 159. The van der Waals surface area contributed by atoms with E-state index in [1.807, 2.05) is 0 Å². The molecule has 1 rings (SSSR count). The van der Waals surface area contributed by atoms with Gasteiger partial charge in [-0.25, -0.2) is 0 Å². The standard InChI is InChI=1S/C15H31N/c1-4-12-16-15(13(2)3)11-7-10-14-8-5-6-9-14/h13-16H,4-12H2,1-3H3. The minimum atomic E-state index is 0.751. The van der Waals surface area contributed by atoms with Crippen molar-refractivity contribution < 1.29 is 0 Å². The van der Waals surface area contributed by atoms with Crippen LogP contribution in [0.2, 0.25) is 0 Å². The smallest absolute Gasteiger partial charge is 0.00900 e. The maximum atomic E-state index is 3.69. The SMILES string of the molecule is CCCNC(CCCC1CCCC1)C(C)C. The summed E-state index contributed by atoms with van der Waals surface area (Å²) in [6.45, 7) is 8.14. The molecule has 16 heavy (non-hydrogen) atoms. The monoisotopic (exact) mass is 225 g/mol. The van der Waals surface area contributed by atoms with Crippen LogP contribution in [0.3, 0.4) is 0 Å². The molecule has 1 saturated carbocycles. The third kappa shape index (κ3) is 5.34. The summed E-state index contributed by atoms with van der Waals surface area (Å²) < 4.78 is 0. The average Bonchev–Trinajstić information content (AvgIpc) is 2.75. The topological polar surface area (TPSA) is 12.0 Å². The van der Waals surface area contributed by atoms with Crippen molar-refractivity contribution in [2.75, 3.05) is 6.54 Å². The molecule has 0 aromatic heterocycles. The van der Waals surface area contributed by atoms with Gasteiger partial charge in [-0.2, -0.15) is 0 Å². The largest absolute Gasteiger partial charge is 0.314 e. The van der Waals surface area contributed by atoms with Gasteiger partial charge in [0.2, 0.25) is 0 Å². The van der Waals surface area contributed by atoms with Crippen molar-refractivity contribution in [1.82, 2.24) is 5.32 Å². The van der Waals surface area contributed by atoms with Crippen molar-refractivity contribution >= 4 is 0 Å². The molecule has 1 fully saturated rings. The molecule has 0 aliphatic heterocycles. The summed E-state index contributed by atoms with van der Waals surface area (Å²) in [5.74, 6) is 1.86. The van der Waals surface area contributed by atoms with E-state index in [2.05, 4.69) is 26.1 Å². The first-order valence-corrected chi connectivity index (χ1v) is 7.47. The van der Waals surface area contributed by atoms with E-state index < -0.39 is 0 Å². The first-order chi connectivity index (χ1) is 7.74. The first-order valence-electron chi connectivity index (χ1n) is 7.47. The summed E-state index contributed by atoms with van der Waals surface area (Å²) in [5, 5.41) is 3.69. The van der Waals surface area contributed by atoms with Gasteiger partial charge in [-0.1, -0.05) is 59.3 Å². The molecule has 1 aliphatic rings. The Morgan fingerprint density at radius 1 is 1.19 bits per heavy atom. The lowest BCUT2D eigenvalue weighted by atomic mass is 9.94. The molecule has 1 N–H and O–H groups in total. The maximum Gasteiger partial charge on any atom is 0.00900 e. The van der Waals surface area contributed by atoms with Gasteiger partial charge in [-0.05, 0) is 31.2 Å². The highest BCUT2D eigenvalue weighted by Gasteiger charge is 2.16. The molecule has 0 amide bonds. The van der Waals surface area contributed by atoms with Crippen LogP contribution in [-0.2, 0) is 0 Å². The van der Waals surface area contributed by atoms with Crippen LogP contribution in [-0.4, -0.2) is 12.6 Å². The fourth-order valence-corrected chi connectivity index (χ4v) is 2.93. The van der Waals surface area contributed by atoms with Crippen LogP contribution in [0.25, 0.3) is 0 Å². The summed E-state index contributed by atoms with van der Waals surface area (Å²) in [7, 11) is 0. The van der Waals surface area contributed by atoms with Crippen molar-refractivity contribution in [3.63, 3.8) is 0 Å². The highest BCUT2D eigenvalue weighted by molar-refractivity contribution is 4.73. The maximum absolute atomic E-state index is 3.69. The summed E-state index contributed by atoms with van der Waals surface area (Å²) in [6, 6.07) is 0.751. The zero-order chi connectivity index (χ0) is 11.8. The third-order valence-corrected chi connectivity index (χ3v) is 4.06. The molecule has 1 nitrogen and oxygen atoms in total. The quantitative estimate of drug-likeness (QED) is 0.647. The predicted octanol–water partition coefficient (Wildman–Crippen LogP) is 4.37. The highest BCUT2D eigenvalue weighted by atomic mass is 14.9. The molecule has 1 heteroatoms. The van der Waals surface area contributed by atoms with Crippen molar-refractivity contribution in [2.24, 2.45) is 11.8 Å². The molecule has 1 atom stereocenters. The molecule has 0 saturated heterocycles. The fourth-order valence-electron chi connectivity index (χ4n) is 2.93. The molecule has 1 aliphatic carbocycles. The zero-order valence-electron chi connectivity index (χ0n) is 11.6. The zero-order valence-corrected chi connectivity index (χ0v) is 11.6. The minimum absolute atomic E-state index is 0.751. The van der Waals surface area contributed by atoms with E-state index in [9.17, 15) is 0 Å². The van der Waals surface area contributed by atoms with Crippen molar-refractivity contribution in [1.29, 1.82) is 0 Å². The minimum Gasteiger partial charge on any atom is -0.314 e. The molecule has 0 aromatic rings. The number of rotatable bonds is 8. The van der Waals surface area contributed by atoms with Crippen LogP contribution in [0.4, 0.5) is 0 Å². The Kier molecular flexibility index (Phi) is 7.11. The first kappa shape index (κ1) is 14.0. The number of hydrogen-bond donors (Lipinski definition) is 1. The highest BCUT2D eigenvalue weighted by Crippen LogP contribution is 2.29. The Morgan fingerprint density at radius 2 is 1.88 bits per heavy atom. The van der Waals surface area contributed by atoms with Crippen LogP contribution < -0.4 is 5.32 Å². The number of hydrogen-bond acceptors (Lipinski definition) is 1. The molecule has 0 heterocycles. The van der Waals surface area contributed by atoms with Crippen molar-refractivity contribution in [3.05, 3.63) is 0 Å². The Hall–Kier alpha value is -0.0400. The average molecular weight is 225 g/mol. The summed E-state index contributed by atoms with van der Waals surface area (Å²) in [6.07, 6.45) is 11.6. The van der Waals surface area contributed by atoms with Gasteiger partial charge in [0, 0.05) is 6.04 Å². The van der Waals surface area contributed by atoms with E-state index in [-0.39, 0.29) is 0 Å². The van der Waals surface area contributed by atoms with E-state index >= 15 is 0 Å². The van der Waals surface area contributed by atoms with Crippen LogP contribution in [0.1, 0.15) is 72.1 Å². The van der Waals surface area contributed by atoms with Gasteiger partial charge in [0.25, 0.3) is 0 Å². The van der Waals surface area contributed by atoms with Crippen LogP contribution >= 0.6 is 0 Å². The van der Waals surface area contributed by atoms with E-state index in [0.29, 0.717) is 0 Å². The van der Waals surface area contributed by atoms with Gasteiger partial charge >= 0.3 is 0 Å². The van der Waals surface area contributed by atoms with Gasteiger partial charge in [0.05, 0.1) is 0 Å². The van der Waals surface area contributed by atoms with Crippen LogP contribution in [0, 0.1) is 11.8 Å². The molecule has 1 unspecified atom stereocenters. The molecule has 0 radical (unpaired) electrons. The Balaban J connectivity index is 2.10. The molecular formula is C15H31N. The van der Waals surface area contributed by atoms with E-state index in [0.717, 1.165) is 17.9 Å². The van der Waals surface area contributed by atoms with E-state index in [1.165, 1.54) is 57.9 Å². The van der Waals surface area contributed by atoms with Crippen molar-refractivity contribution in [2.45, 2.75) is 78.2 Å². The van der Waals surface area contributed by atoms with E-state index in [4.69, 9.17) is 0 Å². The lowest BCUT2D eigenvalue weighted by Gasteiger charge is -2.23. The lowest BCUT2D eigenvalue weighted by Crippen LogP contribution is -2.34. The molecule has 0 aromatic carbocycles. The summed E-state index contributed by atoms with van der Waals surface area (Å²) in [5.41, 5.74) is 0. The molecule has 96 valence electrons. The predicted molar refractivity (Wildman–Crippen MR) is 72.7 cm³/mol. The fraction of sp³-hybridized carbons (Fsp3) is 1.00. The molecule has 0 spiro atoms. The second-order valence-electron chi connectivity index (χ2n) is 5.89. The van der Waals surface area contributed by atoms with Crippen molar-refractivity contribution in [3.8, 4) is 0 Å². The van der Waals surface area contributed by atoms with Gasteiger partial charge in [0.15, 0.2) is 0 Å². The second kappa shape index (κ2) is 8.11. The Morgan fingerprint density at radius 3 is 2.44 bits per heavy atom. The molecular weight excluding hydrogens is 194 g/mol. The van der Waals surface area contributed by atoms with E-state index in [1.54, 1.807) is 0 Å². The van der Waals surface area contributed by atoms with Gasteiger partial charge in [-0.15, -0.1) is 0 Å². The number of nitrogens with one attached hydrogen (secondary N) is 1. The van der Waals surface area contributed by atoms with Crippen LogP contribution in [0.15, 0.2) is 0 Å². The lowest BCUT2D eigenvalue weighted by molar-refractivity contribution is 0.351. The molecule has 0 bridgehead atoms. The normalized spacial score (nSPS) is 19.5. The van der Waals surface area contributed by atoms with Gasteiger partial charge < -0.3 is 5.32 Å². The van der Waals surface area contributed by atoms with Gasteiger partial charge in [-0.3, -0.25) is 0 Å². The second-order valence-corrected chi connectivity index (χ2v) is 5.89. The summed E-state index contributed by atoms with van der Waals surface area (Å²) in [4.78, 5) is 0. The van der Waals surface area contributed by atoms with Gasteiger partial charge in [0.1, 0.15) is 0 Å². The summed E-state index contributed by atoms with van der Waals surface area (Å²) >= 11 is 0. The third-order valence-electron chi connectivity index (χ3n) is 4.06.